The molecular weight excluding hydrogens is 188 g/mol. The summed E-state index contributed by atoms with van der Waals surface area (Å²) in [7, 11) is 0. The van der Waals surface area contributed by atoms with Gasteiger partial charge in [-0.15, -0.1) is 0 Å². The number of hydrogen-bond donors (Lipinski definition) is 1. The summed E-state index contributed by atoms with van der Waals surface area (Å²) in [5.74, 6) is 0. The van der Waals surface area contributed by atoms with Crippen molar-refractivity contribution in [2.24, 2.45) is 5.73 Å². The van der Waals surface area contributed by atoms with E-state index >= 15 is 0 Å². The van der Waals surface area contributed by atoms with Gasteiger partial charge in [-0.2, -0.15) is 26.3 Å². The van der Waals surface area contributed by atoms with E-state index in [9.17, 15) is 26.3 Å². The minimum Gasteiger partial charge on any atom is -0.395 e. The highest BCUT2D eigenvalue weighted by molar-refractivity contribution is 5.17. The Morgan fingerprint density at radius 2 is 1.25 bits per heavy atom. The van der Waals surface area contributed by atoms with Crippen molar-refractivity contribution in [3.63, 3.8) is 0 Å². The quantitative estimate of drug-likeness (QED) is 0.587. The summed E-state index contributed by atoms with van der Waals surface area (Å²) in [6.07, 6.45) is -10.2. The van der Waals surface area contributed by atoms with E-state index in [1.165, 1.54) is 0 Å². The Bertz CT molecular complexity index is 175. The molecule has 0 atom stereocenters. The van der Waals surface area contributed by atoms with Gasteiger partial charge >= 0.3 is 12.4 Å². The number of hydrogen-bond acceptors (Lipinski definition) is 1. The number of allylic oxidation sites excluding steroid dienone is 2. The van der Waals surface area contributed by atoms with Gasteiger partial charge < -0.3 is 5.73 Å². The van der Waals surface area contributed by atoms with Gasteiger partial charge in [0.1, 0.15) is 5.70 Å². The second-order valence-electron chi connectivity index (χ2n) is 2.03. The molecule has 0 bridgehead atoms. The van der Waals surface area contributed by atoms with Gasteiger partial charge in [-0.05, 0) is 6.92 Å². The maximum absolute atomic E-state index is 11.6. The summed E-state index contributed by atoms with van der Waals surface area (Å²) >= 11 is 0. The molecule has 0 aliphatic carbocycles. The molecule has 0 radical (unpaired) electrons. The standard InChI is InChI=1S/C5H5F6N/c1-2(4(6,7)8)3(12)5(9,10)11/h12H2,1H3. The molecule has 0 saturated carbocycles. The van der Waals surface area contributed by atoms with Crippen molar-refractivity contribution in [1.29, 1.82) is 0 Å². The van der Waals surface area contributed by atoms with Crippen LogP contribution in [0, 0.1) is 0 Å². The van der Waals surface area contributed by atoms with Crippen molar-refractivity contribution in [3.8, 4) is 0 Å². The molecule has 0 saturated heterocycles. The highest BCUT2D eigenvalue weighted by atomic mass is 19.4. The van der Waals surface area contributed by atoms with E-state index < -0.39 is 23.6 Å². The smallest absolute Gasteiger partial charge is 0.395 e. The molecule has 0 aromatic carbocycles. The molecule has 0 spiro atoms. The number of halogens is 6. The summed E-state index contributed by atoms with van der Waals surface area (Å²) in [6.45, 7) is 0.281. The van der Waals surface area contributed by atoms with Gasteiger partial charge in [0, 0.05) is 0 Å². The molecule has 72 valence electrons. The summed E-state index contributed by atoms with van der Waals surface area (Å²) in [5, 5.41) is 0. The zero-order valence-electron chi connectivity index (χ0n) is 5.85. The van der Waals surface area contributed by atoms with Gasteiger partial charge in [-0.1, -0.05) is 0 Å². The summed E-state index contributed by atoms with van der Waals surface area (Å²) < 4.78 is 69.4. The lowest BCUT2D eigenvalue weighted by molar-refractivity contribution is -0.115. The summed E-state index contributed by atoms with van der Waals surface area (Å²) in [6, 6.07) is 0. The Morgan fingerprint density at radius 1 is 0.917 bits per heavy atom. The van der Waals surface area contributed by atoms with Crippen LogP contribution in [-0.2, 0) is 0 Å². The molecule has 0 rings (SSSR count). The van der Waals surface area contributed by atoms with Crippen LogP contribution in [0.3, 0.4) is 0 Å². The Hall–Kier alpha value is -0.880. The van der Waals surface area contributed by atoms with Crippen LogP contribution in [0.25, 0.3) is 0 Å². The van der Waals surface area contributed by atoms with Crippen molar-refractivity contribution in [2.75, 3.05) is 0 Å². The van der Waals surface area contributed by atoms with Gasteiger partial charge in [0.25, 0.3) is 0 Å². The second-order valence-corrected chi connectivity index (χ2v) is 2.03. The van der Waals surface area contributed by atoms with E-state index in [0.717, 1.165) is 0 Å². The van der Waals surface area contributed by atoms with Gasteiger partial charge in [0.2, 0.25) is 0 Å². The minimum absolute atomic E-state index is 0.281. The third-order valence-electron chi connectivity index (χ3n) is 1.13. The van der Waals surface area contributed by atoms with E-state index in [1.807, 2.05) is 0 Å². The van der Waals surface area contributed by atoms with Gasteiger partial charge in [-0.25, -0.2) is 0 Å². The van der Waals surface area contributed by atoms with Crippen LogP contribution >= 0.6 is 0 Å². The molecule has 0 unspecified atom stereocenters. The van der Waals surface area contributed by atoms with Crippen molar-refractivity contribution < 1.29 is 26.3 Å². The summed E-state index contributed by atoms with van der Waals surface area (Å²) in [4.78, 5) is 0. The molecule has 0 aromatic heterocycles. The molecule has 0 heterocycles. The Balaban J connectivity index is 4.96. The van der Waals surface area contributed by atoms with Crippen LogP contribution in [0.1, 0.15) is 6.92 Å². The highest BCUT2D eigenvalue weighted by Crippen LogP contribution is 2.32. The van der Waals surface area contributed by atoms with Crippen LogP contribution in [0.15, 0.2) is 11.3 Å². The Labute approximate surface area is 63.8 Å². The second kappa shape index (κ2) is 2.87. The molecule has 12 heavy (non-hydrogen) atoms. The highest BCUT2D eigenvalue weighted by Gasteiger charge is 2.41. The van der Waals surface area contributed by atoms with E-state index in [1.54, 1.807) is 0 Å². The van der Waals surface area contributed by atoms with Gasteiger partial charge in [0.05, 0.1) is 5.57 Å². The normalized spacial score (nSPS) is 15.9. The van der Waals surface area contributed by atoms with Crippen molar-refractivity contribution in [2.45, 2.75) is 19.3 Å². The molecule has 1 nitrogen and oxygen atoms in total. The van der Waals surface area contributed by atoms with Gasteiger partial charge in [0.15, 0.2) is 0 Å². The molecule has 0 amide bonds. The third kappa shape index (κ3) is 2.63. The van der Waals surface area contributed by atoms with Crippen LogP contribution in [-0.4, -0.2) is 12.4 Å². The van der Waals surface area contributed by atoms with Crippen molar-refractivity contribution in [1.82, 2.24) is 0 Å². The van der Waals surface area contributed by atoms with Crippen molar-refractivity contribution >= 4 is 0 Å². The minimum atomic E-state index is -5.13. The van der Waals surface area contributed by atoms with Gasteiger partial charge in [-0.3, -0.25) is 0 Å². The average Bonchev–Trinajstić information content (AvgIpc) is 1.80. The molecule has 7 heteroatoms. The van der Waals surface area contributed by atoms with Crippen LogP contribution in [0.2, 0.25) is 0 Å². The number of rotatable bonds is 0. The molecule has 0 fully saturated rings. The Morgan fingerprint density at radius 3 is 1.33 bits per heavy atom. The number of nitrogens with two attached hydrogens (primary N) is 1. The molecule has 2 N–H and O–H groups in total. The Kier molecular flexibility index (Phi) is 2.66. The zero-order chi connectivity index (χ0) is 10.2. The maximum Gasteiger partial charge on any atom is 0.430 e. The fourth-order valence-corrected chi connectivity index (χ4v) is 0.365. The lowest BCUT2D eigenvalue weighted by Crippen LogP contribution is -2.26. The van der Waals surface area contributed by atoms with Crippen LogP contribution < -0.4 is 5.73 Å². The van der Waals surface area contributed by atoms with E-state index in [0.29, 0.717) is 0 Å². The summed E-state index contributed by atoms with van der Waals surface area (Å²) in [5.41, 5.74) is 0.289. The molecular formula is C5H5F6N. The molecule has 0 aliphatic heterocycles. The third-order valence-corrected chi connectivity index (χ3v) is 1.13. The van der Waals surface area contributed by atoms with E-state index in [4.69, 9.17) is 0 Å². The molecule has 0 aromatic rings. The van der Waals surface area contributed by atoms with Crippen LogP contribution in [0.4, 0.5) is 26.3 Å². The monoisotopic (exact) mass is 193 g/mol. The SMILES string of the molecule is CC(=C(N)C(F)(F)F)C(F)(F)F. The topological polar surface area (TPSA) is 26.0 Å². The predicted molar refractivity (Wildman–Crippen MR) is 29.0 cm³/mol. The average molecular weight is 193 g/mol. The lowest BCUT2D eigenvalue weighted by Gasteiger charge is -2.13. The van der Waals surface area contributed by atoms with Crippen molar-refractivity contribution in [3.05, 3.63) is 11.3 Å². The largest absolute Gasteiger partial charge is 0.430 e. The first-order valence-corrected chi connectivity index (χ1v) is 2.67. The number of alkyl halides is 6. The lowest BCUT2D eigenvalue weighted by atomic mass is 10.2. The first-order chi connectivity index (χ1) is 5.07. The molecule has 0 aliphatic rings. The fourth-order valence-electron chi connectivity index (χ4n) is 0.365. The van der Waals surface area contributed by atoms with E-state index in [-0.39, 0.29) is 6.92 Å². The first-order valence-electron chi connectivity index (χ1n) is 2.67. The maximum atomic E-state index is 11.6. The van der Waals surface area contributed by atoms with Crippen LogP contribution in [0.5, 0.6) is 0 Å². The zero-order valence-corrected chi connectivity index (χ0v) is 5.85. The fraction of sp³-hybridized carbons (Fsp3) is 0.600. The first kappa shape index (κ1) is 11.1. The predicted octanol–water partition coefficient (Wildman–Crippen LogP) is 2.34. The van der Waals surface area contributed by atoms with E-state index in [2.05, 4.69) is 5.73 Å².